The van der Waals surface area contributed by atoms with Gasteiger partial charge in [0.15, 0.2) is 0 Å². The molecule has 0 bridgehead atoms. The highest BCUT2D eigenvalue weighted by atomic mass is 16.2. The summed E-state index contributed by atoms with van der Waals surface area (Å²) in [4.78, 5) is 15.0. The van der Waals surface area contributed by atoms with Crippen molar-refractivity contribution in [3.8, 4) is 0 Å². The van der Waals surface area contributed by atoms with Gasteiger partial charge in [-0.1, -0.05) is 17.7 Å². The second-order valence-electron chi connectivity index (χ2n) is 6.30. The van der Waals surface area contributed by atoms with Crippen LogP contribution in [0.3, 0.4) is 0 Å². The number of amides is 1. The Kier molecular flexibility index (Phi) is 3.79. The van der Waals surface area contributed by atoms with Crippen LogP contribution in [0.1, 0.15) is 47.2 Å². The van der Waals surface area contributed by atoms with Crippen LogP contribution in [-0.2, 0) is 0 Å². The molecule has 0 aromatic heterocycles. The number of carbonyl (C=O) groups excluding carboxylic acids is 1. The molecule has 2 fully saturated rings. The first-order valence-electron chi connectivity index (χ1n) is 7.77. The molecule has 1 saturated carbocycles. The number of hydrogen-bond acceptors (Lipinski definition) is 2. The van der Waals surface area contributed by atoms with E-state index in [1.165, 1.54) is 31.2 Å². The van der Waals surface area contributed by atoms with Gasteiger partial charge in [-0.2, -0.15) is 0 Å². The lowest BCUT2D eigenvalue weighted by Crippen LogP contribution is -2.42. The Labute approximate surface area is 121 Å². The third kappa shape index (κ3) is 2.88. The molecule has 1 aromatic rings. The van der Waals surface area contributed by atoms with Crippen LogP contribution in [0.5, 0.6) is 0 Å². The van der Waals surface area contributed by atoms with E-state index in [-0.39, 0.29) is 5.91 Å². The van der Waals surface area contributed by atoms with E-state index in [2.05, 4.69) is 23.2 Å². The lowest BCUT2D eigenvalue weighted by atomic mass is 10.0. The summed E-state index contributed by atoms with van der Waals surface area (Å²) in [6.45, 7) is 6.08. The van der Waals surface area contributed by atoms with E-state index < -0.39 is 0 Å². The number of nitrogens with zero attached hydrogens (tertiary/aromatic N) is 1. The number of rotatable bonds is 4. The molecule has 0 spiro atoms. The molecule has 1 unspecified atom stereocenters. The van der Waals surface area contributed by atoms with Gasteiger partial charge in [0.25, 0.3) is 5.91 Å². The maximum Gasteiger partial charge on any atom is 0.254 e. The molecule has 1 N–H and O–H groups in total. The number of aryl methyl sites for hydroxylation is 2. The van der Waals surface area contributed by atoms with Crippen LogP contribution in [-0.4, -0.2) is 36.0 Å². The van der Waals surface area contributed by atoms with Crippen molar-refractivity contribution in [1.82, 2.24) is 10.2 Å². The molecule has 3 rings (SSSR count). The van der Waals surface area contributed by atoms with Crippen LogP contribution in [0, 0.1) is 13.8 Å². The Morgan fingerprint density at radius 1 is 1.30 bits per heavy atom. The molecule has 1 aliphatic carbocycles. The Morgan fingerprint density at radius 2 is 2.10 bits per heavy atom. The fraction of sp³-hybridized carbons (Fsp3) is 0.588. The predicted molar refractivity (Wildman–Crippen MR) is 81.0 cm³/mol. The van der Waals surface area contributed by atoms with Gasteiger partial charge in [0.1, 0.15) is 0 Å². The minimum Gasteiger partial charge on any atom is -0.334 e. The zero-order chi connectivity index (χ0) is 14.1. The fourth-order valence-electron chi connectivity index (χ4n) is 3.14. The molecule has 1 atom stereocenters. The van der Waals surface area contributed by atoms with Crippen LogP contribution in [0.2, 0.25) is 0 Å². The van der Waals surface area contributed by atoms with E-state index in [0.29, 0.717) is 12.1 Å². The molecule has 3 nitrogen and oxygen atoms in total. The van der Waals surface area contributed by atoms with Crippen LogP contribution in [0.25, 0.3) is 0 Å². The molecule has 0 radical (unpaired) electrons. The van der Waals surface area contributed by atoms with Gasteiger partial charge < -0.3 is 10.2 Å². The fourth-order valence-corrected chi connectivity index (χ4v) is 3.14. The maximum atomic E-state index is 12.8. The van der Waals surface area contributed by atoms with Crippen molar-refractivity contribution < 1.29 is 4.79 Å². The van der Waals surface area contributed by atoms with Crippen molar-refractivity contribution >= 4 is 5.91 Å². The summed E-state index contributed by atoms with van der Waals surface area (Å²) in [7, 11) is 0. The van der Waals surface area contributed by atoms with Gasteiger partial charge in [0.2, 0.25) is 0 Å². The second-order valence-corrected chi connectivity index (χ2v) is 6.30. The standard InChI is InChI=1S/C17H24N2O/c1-12-5-8-16(13(2)10-12)17(20)19(15-6-7-15)11-14-4-3-9-18-14/h5,8,10,14-15,18H,3-4,6-7,9,11H2,1-2H3. The van der Waals surface area contributed by atoms with Crippen molar-refractivity contribution in [2.24, 2.45) is 0 Å². The largest absolute Gasteiger partial charge is 0.334 e. The lowest BCUT2D eigenvalue weighted by molar-refractivity contribution is 0.0728. The van der Waals surface area contributed by atoms with Crippen LogP contribution in [0.4, 0.5) is 0 Å². The number of benzene rings is 1. The molecule has 1 heterocycles. The summed E-state index contributed by atoms with van der Waals surface area (Å²) < 4.78 is 0. The molecule has 1 amide bonds. The summed E-state index contributed by atoms with van der Waals surface area (Å²) in [6.07, 6.45) is 4.77. The topological polar surface area (TPSA) is 32.3 Å². The molecule has 20 heavy (non-hydrogen) atoms. The molecule has 108 valence electrons. The SMILES string of the molecule is Cc1ccc(C(=O)N(CC2CCCN2)C2CC2)c(C)c1. The average Bonchev–Trinajstić information content (AvgIpc) is 3.12. The normalized spacial score (nSPS) is 22.0. The number of hydrogen-bond donors (Lipinski definition) is 1. The van der Waals surface area contributed by atoms with E-state index in [4.69, 9.17) is 0 Å². The van der Waals surface area contributed by atoms with E-state index in [9.17, 15) is 4.79 Å². The minimum absolute atomic E-state index is 0.221. The van der Waals surface area contributed by atoms with Gasteiger partial charge in [-0.25, -0.2) is 0 Å². The van der Waals surface area contributed by atoms with Crippen molar-refractivity contribution in [3.63, 3.8) is 0 Å². The van der Waals surface area contributed by atoms with E-state index in [0.717, 1.165) is 24.2 Å². The molecule has 1 aromatic carbocycles. The molecule has 3 heteroatoms. The van der Waals surface area contributed by atoms with Gasteiger partial charge in [0, 0.05) is 24.2 Å². The Bertz CT molecular complexity index is 502. The Morgan fingerprint density at radius 3 is 2.70 bits per heavy atom. The third-order valence-electron chi connectivity index (χ3n) is 4.44. The van der Waals surface area contributed by atoms with Crippen molar-refractivity contribution in [3.05, 3.63) is 34.9 Å². The van der Waals surface area contributed by atoms with E-state index in [1.807, 2.05) is 19.1 Å². The monoisotopic (exact) mass is 272 g/mol. The summed E-state index contributed by atoms with van der Waals surface area (Å²) in [6, 6.07) is 7.10. The van der Waals surface area contributed by atoms with Gasteiger partial charge in [-0.15, -0.1) is 0 Å². The summed E-state index contributed by atoms with van der Waals surface area (Å²) in [5, 5.41) is 3.51. The first kappa shape index (κ1) is 13.6. The zero-order valence-electron chi connectivity index (χ0n) is 12.5. The second kappa shape index (κ2) is 5.57. The third-order valence-corrected chi connectivity index (χ3v) is 4.44. The molecule has 2 aliphatic rings. The van der Waals surface area contributed by atoms with Crippen molar-refractivity contribution in [2.75, 3.05) is 13.1 Å². The van der Waals surface area contributed by atoms with E-state index >= 15 is 0 Å². The summed E-state index contributed by atoms with van der Waals surface area (Å²) >= 11 is 0. The van der Waals surface area contributed by atoms with E-state index in [1.54, 1.807) is 0 Å². The minimum atomic E-state index is 0.221. The van der Waals surface area contributed by atoms with Crippen LogP contribution in [0.15, 0.2) is 18.2 Å². The molecule has 1 saturated heterocycles. The van der Waals surface area contributed by atoms with Gasteiger partial charge in [-0.3, -0.25) is 4.79 Å². The Balaban J connectivity index is 1.77. The zero-order valence-corrected chi connectivity index (χ0v) is 12.5. The van der Waals surface area contributed by atoms with Gasteiger partial charge in [0.05, 0.1) is 0 Å². The van der Waals surface area contributed by atoms with Crippen molar-refractivity contribution in [2.45, 2.75) is 51.6 Å². The summed E-state index contributed by atoms with van der Waals surface area (Å²) in [5.74, 6) is 0.221. The maximum absolute atomic E-state index is 12.8. The van der Waals surface area contributed by atoms with Crippen LogP contribution >= 0.6 is 0 Å². The smallest absolute Gasteiger partial charge is 0.254 e. The average molecular weight is 272 g/mol. The molecular formula is C17H24N2O. The lowest BCUT2D eigenvalue weighted by Gasteiger charge is -2.26. The predicted octanol–water partition coefficient (Wildman–Crippen LogP) is 2.66. The van der Waals surface area contributed by atoms with Gasteiger partial charge in [-0.05, 0) is 57.7 Å². The highest BCUT2D eigenvalue weighted by Gasteiger charge is 2.35. The molecule has 1 aliphatic heterocycles. The first-order valence-corrected chi connectivity index (χ1v) is 7.77. The van der Waals surface area contributed by atoms with Gasteiger partial charge >= 0.3 is 0 Å². The van der Waals surface area contributed by atoms with Crippen molar-refractivity contribution in [1.29, 1.82) is 0 Å². The number of nitrogens with one attached hydrogen (secondary N) is 1. The first-order chi connectivity index (χ1) is 9.65. The summed E-state index contributed by atoms with van der Waals surface area (Å²) in [5.41, 5.74) is 3.19. The van der Waals surface area contributed by atoms with Crippen LogP contribution < -0.4 is 5.32 Å². The number of carbonyl (C=O) groups is 1. The molecular weight excluding hydrogens is 248 g/mol. The highest BCUT2D eigenvalue weighted by Crippen LogP contribution is 2.29. The Hall–Kier alpha value is -1.35. The quantitative estimate of drug-likeness (QED) is 0.914. The highest BCUT2D eigenvalue weighted by molar-refractivity contribution is 5.96.